The highest BCUT2D eigenvalue weighted by molar-refractivity contribution is 5.94. The van der Waals surface area contributed by atoms with Crippen molar-refractivity contribution in [2.75, 3.05) is 11.9 Å². The lowest BCUT2D eigenvalue weighted by molar-refractivity contribution is -0.175. The molecule has 0 spiro atoms. The Morgan fingerprint density at radius 2 is 1.75 bits per heavy atom. The quantitative estimate of drug-likeness (QED) is 0.688. The molecule has 32 heavy (non-hydrogen) atoms. The van der Waals surface area contributed by atoms with Crippen LogP contribution in [0, 0.1) is 35.5 Å². The van der Waals surface area contributed by atoms with E-state index in [1.54, 1.807) is 24.3 Å². The van der Waals surface area contributed by atoms with Gasteiger partial charge in [0.2, 0.25) is 0 Å². The minimum absolute atomic E-state index is 0.0464. The molecule has 6 rings (SSSR count). The van der Waals surface area contributed by atoms with E-state index < -0.39 is 11.3 Å². The van der Waals surface area contributed by atoms with E-state index in [4.69, 9.17) is 4.74 Å². The Morgan fingerprint density at radius 1 is 1.06 bits per heavy atom. The summed E-state index contributed by atoms with van der Waals surface area (Å²) in [4.78, 5) is 25.8. The fourth-order valence-corrected chi connectivity index (χ4v) is 6.91. The highest BCUT2D eigenvalue weighted by Crippen LogP contribution is 2.66. The Morgan fingerprint density at radius 3 is 2.44 bits per heavy atom. The number of amides is 1. The summed E-state index contributed by atoms with van der Waals surface area (Å²) in [6, 6.07) is 17.7. The normalized spacial score (nSPS) is 29.9. The topological polar surface area (TPSA) is 79.2 Å². The summed E-state index contributed by atoms with van der Waals surface area (Å²) in [5.74, 6) is 0.439. The van der Waals surface area contributed by atoms with Gasteiger partial charge in [-0.1, -0.05) is 42.0 Å². The van der Waals surface area contributed by atoms with E-state index in [1.807, 2.05) is 0 Å². The lowest BCUT2D eigenvalue weighted by Crippen LogP contribution is -2.57. The van der Waals surface area contributed by atoms with Gasteiger partial charge in [0.1, 0.15) is 6.07 Å². The standard InChI is InChI=1S/C27H28N2O3/c1-18-6-8-22(9-7-18)26-11-19-10-20(12-26)14-27(13-19,17-26)25(31)32-16-24(30)29-23-5-3-2-4-21(23)15-28/h2-9,19-20H,10-14,16-17H2,1H3,(H,29,30). The SMILES string of the molecule is Cc1ccc(C23CC4CC(CC(C(=O)OCC(=O)Nc5ccccc5C#N)(C4)C2)C3)cc1. The van der Waals surface area contributed by atoms with Crippen LogP contribution in [0.15, 0.2) is 48.5 Å². The van der Waals surface area contributed by atoms with Gasteiger partial charge >= 0.3 is 5.97 Å². The first-order valence-corrected chi connectivity index (χ1v) is 11.4. The number of para-hydroxylation sites is 1. The van der Waals surface area contributed by atoms with Crippen molar-refractivity contribution < 1.29 is 14.3 Å². The van der Waals surface area contributed by atoms with Gasteiger partial charge in [0.25, 0.3) is 5.91 Å². The van der Waals surface area contributed by atoms with Gasteiger partial charge in [-0.05, 0) is 80.4 Å². The number of anilines is 1. The zero-order valence-electron chi connectivity index (χ0n) is 18.4. The molecule has 4 saturated carbocycles. The summed E-state index contributed by atoms with van der Waals surface area (Å²) >= 11 is 0. The number of esters is 1. The predicted molar refractivity (Wildman–Crippen MR) is 121 cm³/mol. The molecule has 5 nitrogen and oxygen atoms in total. The van der Waals surface area contributed by atoms with Crippen LogP contribution < -0.4 is 5.32 Å². The zero-order chi connectivity index (χ0) is 22.3. The van der Waals surface area contributed by atoms with Gasteiger partial charge < -0.3 is 10.1 Å². The average molecular weight is 429 g/mol. The van der Waals surface area contributed by atoms with Crippen molar-refractivity contribution in [3.05, 3.63) is 65.2 Å². The maximum atomic E-state index is 13.3. The molecule has 1 N–H and O–H groups in total. The number of hydrogen-bond donors (Lipinski definition) is 1. The van der Waals surface area contributed by atoms with Gasteiger partial charge in [0.05, 0.1) is 16.7 Å². The number of nitrogens with zero attached hydrogens (tertiary/aromatic N) is 1. The van der Waals surface area contributed by atoms with Crippen molar-refractivity contribution >= 4 is 17.6 Å². The monoisotopic (exact) mass is 428 g/mol. The van der Waals surface area contributed by atoms with Crippen LogP contribution >= 0.6 is 0 Å². The molecule has 2 aromatic carbocycles. The van der Waals surface area contributed by atoms with E-state index in [0.29, 0.717) is 23.1 Å². The lowest BCUT2D eigenvalue weighted by atomic mass is 9.43. The molecule has 0 aromatic heterocycles. The first kappa shape index (κ1) is 20.8. The van der Waals surface area contributed by atoms with Crippen LogP contribution in [0.3, 0.4) is 0 Å². The average Bonchev–Trinajstić information content (AvgIpc) is 2.77. The fraction of sp³-hybridized carbons (Fsp3) is 0.444. The molecule has 164 valence electrons. The molecule has 2 atom stereocenters. The highest BCUT2D eigenvalue weighted by atomic mass is 16.5. The number of carbonyl (C=O) groups excluding carboxylic acids is 2. The summed E-state index contributed by atoms with van der Waals surface area (Å²) < 4.78 is 5.60. The van der Waals surface area contributed by atoms with E-state index in [0.717, 1.165) is 32.1 Å². The van der Waals surface area contributed by atoms with Crippen molar-refractivity contribution in [1.82, 2.24) is 0 Å². The number of nitriles is 1. The van der Waals surface area contributed by atoms with E-state index in [2.05, 4.69) is 42.6 Å². The van der Waals surface area contributed by atoms with Gasteiger partial charge in [-0.2, -0.15) is 5.26 Å². The second kappa shape index (κ2) is 7.78. The molecule has 2 unspecified atom stereocenters. The Kier molecular flexibility index (Phi) is 5.04. The second-order valence-electron chi connectivity index (χ2n) is 10.2. The third kappa shape index (κ3) is 3.58. The molecular formula is C27H28N2O3. The molecule has 2 aromatic rings. The van der Waals surface area contributed by atoms with Crippen LogP contribution in [0.5, 0.6) is 0 Å². The van der Waals surface area contributed by atoms with Gasteiger partial charge in [0, 0.05) is 0 Å². The molecule has 0 saturated heterocycles. The first-order chi connectivity index (χ1) is 15.4. The van der Waals surface area contributed by atoms with Crippen LogP contribution in [0.25, 0.3) is 0 Å². The van der Waals surface area contributed by atoms with E-state index >= 15 is 0 Å². The van der Waals surface area contributed by atoms with E-state index in [1.165, 1.54) is 17.5 Å². The minimum atomic E-state index is -0.486. The van der Waals surface area contributed by atoms with Crippen LogP contribution in [0.4, 0.5) is 5.69 Å². The van der Waals surface area contributed by atoms with Gasteiger partial charge in [-0.15, -0.1) is 0 Å². The number of nitrogens with one attached hydrogen (secondary N) is 1. The first-order valence-electron chi connectivity index (χ1n) is 11.4. The minimum Gasteiger partial charge on any atom is -0.455 e. The number of ether oxygens (including phenoxy) is 1. The molecule has 0 heterocycles. The molecule has 0 aliphatic heterocycles. The van der Waals surface area contributed by atoms with Crippen molar-refractivity contribution in [3.8, 4) is 6.07 Å². The maximum absolute atomic E-state index is 13.3. The second-order valence-corrected chi connectivity index (χ2v) is 10.2. The molecule has 4 fully saturated rings. The summed E-state index contributed by atoms with van der Waals surface area (Å²) in [5, 5.41) is 11.9. The lowest BCUT2D eigenvalue weighted by Gasteiger charge is -2.61. The Labute approximate surface area is 188 Å². The zero-order valence-corrected chi connectivity index (χ0v) is 18.4. The van der Waals surface area contributed by atoms with Crippen molar-refractivity contribution in [2.45, 2.75) is 50.9 Å². The Hall–Kier alpha value is -3.13. The van der Waals surface area contributed by atoms with Crippen molar-refractivity contribution in [1.29, 1.82) is 5.26 Å². The highest BCUT2D eigenvalue weighted by Gasteiger charge is 2.61. The fourth-order valence-electron chi connectivity index (χ4n) is 6.91. The number of benzene rings is 2. The summed E-state index contributed by atoms with van der Waals surface area (Å²) in [7, 11) is 0. The summed E-state index contributed by atoms with van der Waals surface area (Å²) in [5.41, 5.74) is 2.97. The largest absolute Gasteiger partial charge is 0.455 e. The van der Waals surface area contributed by atoms with E-state index in [9.17, 15) is 14.9 Å². The van der Waals surface area contributed by atoms with Gasteiger partial charge in [-0.3, -0.25) is 9.59 Å². The van der Waals surface area contributed by atoms with Gasteiger partial charge in [-0.25, -0.2) is 0 Å². The molecule has 0 radical (unpaired) electrons. The summed E-state index contributed by atoms with van der Waals surface area (Å²) in [6.07, 6.45) is 6.05. The molecular weight excluding hydrogens is 400 g/mol. The Bertz CT molecular complexity index is 1080. The van der Waals surface area contributed by atoms with Crippen molar-refractivity contribution in [3.63, 3.8) is 0 Å². The van der Waals surface area contributed by atoms with Gasteiger partial charge in [0.15, 0.2) is 6.61 Å². The molecule has 4 aliphatic carbocycles. The molecule has 4 bridgehead atoms. The summed E-state index contributed by atoms with van der Waals surface area (Å²) in [6.45, 7) is 1.77. The molecule has 5 heteroatoms. The van der Waals surface area contributed by atoms with Crippen LogP contribution in [0.2, 0.25) is 0 Å². The Balaban J connectivity index is 1.30. The number of carbonyl (C=O) groups is 2. The maximum Gasteiger partial charge on any atom is 0.312 e. The van der Waals surface area contributed by atoms with E-state index in [-0.39, 0.29) is 18.0 Å². The van der Waals surface area contributed by atoms with Crippen molar-refractivity contribution in [2.24, 2.45) is 17.3 Å². The third-order valence-electron chi connectivity index (χ3n) is 7.81. The molecule has 4 aliphatic rings. The number of rotatable bonds is 5. The van der Waals surface area contributed by atoms with Crippen LogP contribution in [-0.4, -0.2) is 18.5 Å². The van der Waals surface area contributed by atoms with Crippen LogP contribution in [-0.2, 0) is 19.7 Å². The number of hydrogen-bond acceptors (Lipinski definition) is 4. The predicted octanol–water partition coefficient (Wildman–Crippen LogP) is 4.89. The smallest absolute Gasteiger partial charge is 0.312 e. The number of aryl methyl sites for hydroxylation is 1. The molecule has 1 amide bonds. The van der Waals surface area contributed by atoms with Crippen LogP contribution in [0.1, 0.15) is 55.2 Å². The third-order valence-corrected chi connectivity index (χ3v) is 7.81.